The number of sulfonamides is 1. The number of hydrogen-bond donors (Lipinski definition) is 1. The molecule has 0 atom stereocenters. The third-order valence-corrected chi connectivity index (χ3v) is 7.43. The smallest absolute Gasteiger partial charge is 0.243 e. The van der Waals surface area contributed by atoms with E-state index in [4.69, 9.17) is 0 Å². The van der Waals surface area contributed by atoms with Gasteiger partial charge < -0.3 is 5.32 Å². The van der Waals surface area contributed by atoms with Crippen molar-refractivity contribution >= 4 is 27.0 Å². The van der Waals surface area contributed by atoms with E-state index in [0.29, 0.717) is 44.5 Å². The Kier molecular flexibility index (Phi) is 6.33. The zero-order valence-electron chi connectivity index (χ0n) is 17.6. The van der Waals surface area contributed by atoms with E-state index < -0.39 is 10.0 Å². The van der Waals surface area contributed by atoms with Gasteiger partial charge in [-0.05, 0) is 49.9 Å². The number of amides is 1. The zero-order valence-corrected chi connectivity index (χ0v) is 18.4. The number of nitrogens with zero attached hydrogens (tertiary/aromatic N) is 4. The lowest BCUT2D eigenvalue weighted by atomic mass is 10.1. The van der Waals surface area contributed by atoms with E-state index in [9.17, 15) is 13.2 Å². The Bertz CT molecular complexity index is 1180. The highest BCUT2D eigenvalue weighted by molar-refractivity contribution is 7.89. The van der Waals surface area contributed by atoms with E-state index >= 15 is 0 Å². The molecule has 3 aromatic rings. The molecular formula is C22H27N5O3S. The van der Waals surface area contributed by atoms with Crippen molar-refractivity contribution in [2.24, 2.45) is 0 Å². The molecule has 1 aromatic heterocycles. The number of aryl methyl sites for hydroxylation is 2. The molecule has 164 valence electrons. The molecule has 1 aliphatic rings. The first-order valence-corrected chi connectivity index (χ1v) is 12.0. The van der Waals surface area contributed by atoms with Crippen molar-refractivity contribution in [3.05, 3.63) is 53.6 Å². The highest BCUT2D eigenvalue weighted by Gasteiger charge is 2.27. The summed E-state index contributed by atoms with van der Waals surface area (Å²) in [7, 11) is -3.48. The predicted molar refractivity (Wildman–Crippen MR) is 118 cm³/mol. The molecule has 2 heterocycles. The number of rotatable bonds is 8. The highest BCUT2D eigenvalue weighted by atomic mass is 32.2. The largest absolute Gasteiger partial charge is 0.352 e. The van der Waals surface area contributed by atoms with Crippen LogP contribution in [0, 0.1) is 6.92 Å². The van der Waals surface area contributed by atoms with Crippen molar-refractivity contribution in [1.29, 1.82) is 0 Å². The summed E-state index contributed by atoms with van der Waals surface area (Å²) in [5, 5.41) is 11.2. The molecule has 2 aromatic carbocycles. The van der Waals surface area contributed by atoms with Crippen LogP contribution in [0.1, 0.15) is 36.8 Å². The van der Waals surface area contributed by atoms with Gasteiger partial charge in [-0.15, -0.1) is 5.10 Å². The molecule has 1 N–H and O–H groups in total. The predicted octanol–water partition coefficient (Wildman–Crippen LogP) is 2.62. The third kappa shape index (κ3) is 4.94. The maximum atomic E-state index is 12.7. The third-order valence-electron chi connectivity index (χ3n) is 5.53. The molecule has 0 radical (unpaired) electrons. The van der Waals surface area contributed by atoms with Gasteiger partial charge in [0.15, 0.2) is 0 Å². The molecular weight excluding hydrogens is 414 g/mol. The van der Waals surface area contributed by atoms with Crippen molar-refractivity contribution in [3.8, 4) is 0 Å². The molecule has 1 fully saturated rings. The Balaban J connectivity index is 1.33. The van der Waals surface area contributed by atoms with E-state index in [-0.39, 0.29) is 10.8 Å². The molecule has 0 aliphatic carbocycles. The summed E-state index contributed by atoms with van der Waals surface area (Å²) in [6.07, 6.45) is 2.80. The summed E-state index contributed by atoms with van der Waals surface area (Å²) < 4.78 is 28.7. The number of carbonyl (C=O) groups excluding carboxylic acids is 1. The van der Waals surface area contributed by atoms with Crippen LogP contribution >= 0.6 is 0 Å². The first-order chi connectivity index (χ1) is 14.9. The minimum atomic E-state index is -3.48. The zero-order chi connectivity index (χ0) is 21.8. The van der Waals surface area contributed by atoms with Gasteiger partial charge in [-0.25, -0.2) is 13.1 Å². The molecule has 31 heavy (non-hydrogen) atoms. The molecule has 1 saturated heterocycles. The summed E-state index contributed by atoms with van der Waals surface area (Å²) in [6, 6.07) is 13.0. The maximum Gasteiger partial charge on any atom is 0.243 e. The molecule has 4 rings (SSSR count). The second-order valence-electron chi connectivity index (χ2n) is 7.94. The van der Waals surface area contributed by atoms with Crippen molar-refractivity contribution < 1.29 is 13.2 Å². The first kappa shape index (κ1) is 21.5. The van der Waals surface area contributed by atoms with E-state index in [0.717, 1.165) is 23.9 Å². The summed E-state index contributed by atoms with van der Waals surface area (Å²) in [5.74, 6) is -0.00933. The van der Waals surface area contributed by atoms with E-state index in [1.807, 2.05) is 25.1 Å². The van der Waals surface area contributed by atoms with Gasteiger partial charge in [-0.2, -0.15) is 4.31 Å². The Hall–Kier alpha value is -2.78. The average Bonchev–Trinajstić information content (AvgIpc) is 3.43. The molecule has 0 saturated carbocycles. The van der Waals surface area contributed by atoms with Crippen LogP contribution < -0.4 is 5.32 Å². The fourth-order valence-corrected chi connectivity index (χ4v) is 5.39. The minimum absolute atomic E-state index is 0.00933. The standard InChI is InChI=1S/C22H27N5O3S/c1-17-6-4-7-18(14-17)16-23-22(28)8-5-13-27-21-10-9-19(15-20(21)24-25-27)31(29,30)26-11-2-3-12-26/h4,6-7,9-10,14-15H,2-3,5,8,11-13,16H2,1H3,(H,23,28). The number of hydrogen-bond acceptors (Lipinski definition) is 5. The van der Waals surface area contributed by atoms with Gasteiger partial charge in [0, 0.05) is 32.6 Å². The number of fused-ring (bicyclic) bond motifs is 1. The lowest BCUT2D eigenvalue weighted by Gasteiger charge is -2.15. The quantitative estimate of drug-likeness (QED) is 0.580. The monoisotopic (exact) mass is 441 g/mol. The highest BCUT2D eigenvalue weighted by Crippen LogP contribution is 2.23. The van der Waals surface area contributed by atoms with Crippen molar-refractivity contribution in [2.45, 2.75) is 50.6 Å². The van der Waals surface area contributed by atoms with Gasteiger partial charge in [0.25, 0.3) is 0 Å². The Morgan fingerprint density at radius 3 is 2.71 bits per heavy atom. The second kappa shape index (κ2) is 9.15. The van der Waals surface area contributed by atoms with Gasteiger partial charge in [0.1, 0.15) is 5.52 Å². The Labute approximate surface area is 182 Å². The maximum absolute atomic E-state index is 12.7. The Morgan fingerprint density at radius 1 is 1.13 bits per heavy atom. The van der Waals surface area contributed by atoms with Crippen LogP contribution in [0.3, 0.4) is 0 Å². The van der Waals surface area contributed by atoms with Crippen LogP contribution in [0.2, 0.25) is 0 Å². The van der Waals surface area contributed by atoms with Gasteiger partial charge in [-0.3, -0.25) is 4.79 Å². The van der Waals surface area contributed by atoms with Crippen molar-refractivity contribution in [3.63, 3.8) is 0 Å². The lowest BCUT2D eigenvalue weighted by Crippen LogP contribution is -2.27. The molecule has 9 heteroatoms. The minimum Gasteiger partial charge on any atom is -0.352 e. The van der Waals surface area contributed by atoms with Gasteiger partial charge in [0.2, 0.25) is 15.9 Å². The van der Waals surface area contributed by atoms with Crippen molar-refractivity contribution in [2.75, 3.05) is 13.1 Å². The second-order valence-corrected chi connectivity index (χ2v) is 9.88. The normalized spacial score (nSPS) is 14.9. The summed E-state index contributed by atoms with van der Waals surface area (Å²) in [6.45, 7) is 4.21. The summed E-state index contributed by atoms with van der Waals surface area (Å²) in [4.78, 5) is 12.4. The first-order valence-electron chi connectivity index (χ1n) is 10.6. The lowest BCUT2D eigenvalue weighted by molar-refractivity contribution is -0.121. The summed E-state index contributed by atoms with van der Waals surface area (Å²) >= 11 is 0. The average molecular weight is 442 g/mol. The SMILES string of the molecule is Cc1cccc(CNC(=O)CCCn2nnc3cc(S(=O)(=O)N4CCCC4)ccc32)c1. The van der Waals surface area contributed by atoms with E-state index in [1.165, 1.54) is 9.87 Å². The van der Waals surface area contributed by atoms with E-state index in [1.54, 1.807) is 22.9 Å². The molecule has 0 spiro atoms. The number of carbonyl (C=O) groups is 1. The van der Waals surface area contributed by atoms with Crippen molar-refractivity contribution in [1.82, 2.24) is 24.6 Å². The molecule has 0 unspecified atom stereocenters. The number of aromatic nitrogens is 3. The van der Waals surface area contributed by atoms with Crippen LogP contribution in [-0.2, 0) is 27.9 Å². The van der Waals surface area contributed by atoms with Crippen LogP contribution in [0.4, 0.5) is 0 Å². The van der Waals surface area contributed by atoms with Crippen LogP contribution in [0.5, 0.6) is 0 Å². The fraction of sp³-hybridized carbons (Fsp3) is 0.409. The van der Waals surface area contributed by atoms with E-state index in [2.05, 4.69) is 21.7 Å². The Morgan fingerprint density at radius 2 is 1.94 bits per heavy atom. The molecule has 1 amide bonds. The molecule has 0 bridgehead atoms. The fourth-order valence-electron chi connectivity index (χ4n) is 3.86. The summed E-state index contributed by atoms with van der Waals surface area (Å²) in [5.41, 5.74) is 3.56. The van der Waals surface area contributed by atoms with Gasteiger partial charge in [-0.1, -0.05) is 35.0 Å². The number of benzene rings is 2. The molecule has 1 aliphatic heterocycles. The molecule has 8 nitrogen and oxygen atoms in total. The van der Waals surface area contributed by atoms with Crippen LogP contribution in [0.25, 0.3) is 11.0 Å². The van der Waals surface area contributed by atoms with Gasteiger partial charge in [0.05, 0.1) is 10.4 Å². The van der Waals surface area contributed by atoms with Crippen LogP contribution in [0.15, 0.2) is 47.4 Å². The number of nitrogens with one attached hydrogen (secondary N) is 1. The van der Waals surface area contributed by atoms with Gasteiger partial charge >= 0.3 is 0 Å². The van der Waals surface area contributed by atoms with Crippen LogP contribution in [-0.4, -0.2) is 46.7 Å². The topological polar surface area (TPSA) is 97.2 Å².